The summed E-state index contributed by atoms with van der Waals surface area (Å²) < 4.78 is 4.82. The van der Waals surface area contributed by atoms with E-state index in [1.807, 2.05) is 0 Å². The second-order valence-corrected chi connectivity index (χ2v) is 5.30. The van der Waals surface area contributed by atoms with Crippen LogP contribution in [-0.2, 0) is 9.53 Å². The minimum Gasteiger partial charge on any atom is -0.450 e. The molecule has 1 aliphatic heterocycles. The Morgan fingerprint density at radius 1 is 1.38 bits per heavy atom. The fourth-order valence-electron chi connectivity index (χ4n) is 2.35. The fourth-order valence-corrected chi connectivity index (χ4v) is 2.48. The van der Waals surface area contributed by atoms with Crippen LogP contribution in [-0.4, -0.2) is 36.5 Å². The average Bonchev–Trinajstić information content (AvgIpc) is 2.52. The van der Waals surface area contributed by atoms with Crippen molar-refractivity contribution < 1.29 is 14.3 Å². The lowest BCUT2D eigenvalue weighted by atomic mass is 9.97. The SMILES string of the molecule is N#CCOC(=O)[C@@H]1CCCN(C(=O)c2ccc(Cl)cc2)C1. The first kappa shape index (κ1) is 15.3. The van der Waals surface area contributed by atoms with E-state index in [1.54, 1.807) is 35.2 Å². The molecule has 1 fully saturated rings. The van der Waals surface area contributed by atoms with E-state index in [1.165, 1.54) is 0 Å². The Balaban J connectivity index is 2.00. The molecule has 5 nitrogen and oxygen atoms in total. The van der Waals surface area contributed by atoms with Gasteiger partial charge in [0, 0.05) is 23.7 Å². The Kier molecular flexibility index (Phi) is 5.18. The van der Waals surface area contributed by atoms with Crippen LogP contribution in [0.3, 0.4) is 0 Å². The van der Waals surface area contributed by atoms with E-state index in [-0.39, 0.29) is 18.4 Å². The van der Waals surface area contributed by atoms with Crippen molar-refractivity contribution in [2.45, 2.75) is 12.8 Å². The van der Waals surface area contributed by atoms with Crippen molar-refractivity contribution in [3.8, 4) is 6.07 Å². The molecule has 1 amide bonds. The number of nitriles is 1. The van der Waals surface area contributed by atoms with Crippen molar-refractivity contribution >= 4 is 23.5 Å². The van der Waals surface area contributed by atoms with Crippen LogP contribution in [0.25, 0.3) is 0 Å². The van der Waals surface area contributed by atoms with Crippen molar-refractivity contribution in [3.63, 3.8) is 0 Å². The number of hydrogen-bond donors (Lipinski definition) is 0. The zero-order valence-corrected chi connectivity index (χ0v) is 12.2. The van der Waals surface area contributed by atoms with Crippen molar-refractivity contribution in [3.05, 3.63) is 34.9 Å². The molecule has 6 heteroatoms. The van der Waals surface area contributed by atoms with Gasteiger partial charge in [0.15, 0.2) is 6.61 Å². The van der Waals surface area contributed by atoms with Gasteiger partial charge in [0.25, 0.3) is 5.91 Å². The van der Waals surface area contributed by atoms with Gasteiger partial charge in [-0.1, -0.05) is 11.6 Å². The van der Waals surface area contributed by atoms with Crippen molar-refractivity contribution in [2.24, 2.45) is 5.92 Å². The molecule has 0 saturated carbocycles. The number of benzene rings is 1. The Labute approximate surface area is 128 Å². The summed E-state index contributed by atoms with van der Waals surface area (Å²) in [7, 11) is 0. The topological polar surface area (TPSA) is 70.4 Å². The van der Waals surface area contributed by atoms with E-state index in [0.717, 1.165) is 6.42 Å². The minimum atomic E-state index is -0.412. The van der Waals surface area contributed by atoms with Gasteiger partial charge in [0.1, 0.15) is 6.07 Å². The van der Waals surface area contributed by atoms with Crippen molar-refractivity contribution in [1.29, 1.82) is 5.26 Å². The Morgan fingerprint density at radius 3 is 2.76 bits per heavy atom. The first-order chi connectivity index (χ1) is 10.1. The van der Waals surface area contributed by atoms with E-state index in [2.05, 4.69) is 0 Å². The maximum absolute atomic E-state index is 12.4. The molecule has 21 heavy (non-hydrogen) atoms. The van der Waals surface area contributed by atoms with Crippen LogP contribution in [0, 0.1) is 17.2 Å². The number of likely N-dealkylation sites (tertiary alicyclic amines) is 1. The smallest absolute Gasteiger partial charge is 0.311 e. The number of carbonyl (C=O) groups excluding carboxylic acids is 2. The molecule has 0 spiro atoms. The summed E-state index contributed by atoms with van der Waals surface area (Å²) in [5, 5.41) is 8.99. The second-order valence-electron chi connectivity index (χ2n) is 4.86. The predicted octanol–water partition coefficient (Wildman–Crippen LogP) is 2.26. The maximum atomic E-state index is 12.4. The highest BCUT2D eigenvalue weighted by Crippen LogP contribution is 2.20. The van der Waals surface area contributed by atoms with E-state index in [4.69, 9.17) is 21.6 Å². The summed E-state index contributed by atoms with van der Waals surface area (Å²) in [6.07, 6.45) is 1.42. The molecule has 1 aromatic carbocycles. The van der Waals surface area contributed by atoms with Gasteiger partial charge in [-0.25, -0.2) is 0 Å². The lowest BCUT2D eigenvalue weighted by Gasteiger charge is -2.31. The number of hydrogen-bond acceptors (Lipinski definition) is 4. The zero-order chi connectivity index (χ0) is 15.2. The highest BCUT2D eigenvalue weighted by Gasteiger charge is 2.29. The molecular formula is C15H15ClN2O3. The molecule has 0 N–H and O–H groups in total. The van der Waals surface area contributed by atoms with Gasteiger partial charge in [-0.2, -0.15) is 5.26 Å². The van der Waals surface area contributed by atoms with Gasteiger partial charge in [-0.3, -0.25) is 9.59 Å². The molecule has 0 radical (unpaired) electrons. The quantitative estimate of drug-likeness (QED) is 0.803. The van der Waals surface area contributed by atoms with Gasteiger partial charge in [-0.15, -0.1) is 0 Å². The molecule has 1 aliphatic rings. The third-order valence-electron chi connectivity index (χ3n) is 3.41. The molecule has 0 aliphatic carbocycles. The number of rotatable bonds is 3. The summed E-state index contributed by atoms with van der Waals surface area (Å²) in [5.41, 5.74) is 0.547. The Bertz CT molecular complexity index is 565. The molecule has 0 aromatic heterocycles. The van der Waals surface area contributed by atoms with E-state index >= 15 is 0 Å². The van der Waals surface area contributed by atoms with Crippen molar-refractivity contribution in [2.75, 3.05) is 19.7 Å². The van der Waals surface area contributed by atoms with Crippen LogP contribution in [0.2, 0.25) is 5.02 Å². The first-order valence-electron chi connectivity index (χ1n) is 6.70. The average molecular weight is 307 g/mol. The zero-order valence-electron chi connectivity index (χ0n) is 11.4. The molecular weight excluding hydrogens is 292 g/mol. The molecule has 1 aromatic rings. The van der Waals surface area contributed by atoms with Crippen LogP contribution in [0.15, 0.2) is 24.3 Å². The first-order valence-corrected chi connectivity index (χ1v) is 7.08. The molecule has 1 saturated heterocycles. The molecule has 110 valence electrons. The lowest BCUT2D eigenvalue weighted by molar-refractivity contribution is -0.148. The number of ether oxygens (including phenoxy) is 1. The van der Waals surface area contributed by atoms with Crippen LogP contribution >= 0.6 is 11.6 Å². The van der Waals surface area contributed by atoms with Crippen LogP contribution < -0.4 is 0 Å². The predicted molar refractivity (Wildman–Crippen MR) is 76.7 cm³/mol. The normalized spacial score (nSPS) is 17.9. The Hall–Kier alpha value is -2.06. The lowest BCUT2D eigenvalue weighted by Crippen LogP contribution is -2.42. The van der Waals surface area contributed by atoms with E-state index < -0.39 is 5.97 Å². The monoisotopic (exact) mass is 306 g/mol. The van der Waals surface area contributed by atoms with E-state index in [9.17, 15) is 9.59 Å². The van der Waals surface area contributed by atoms with Crippen molar-refractivity contribution in [1.82, 2.24) is 4.90 Å². The highest BCUT2D eigenvalue weighted by molar-refractivity contribution is 6.30. The molecule has 1 heterocycles. The van der Waals surface area contributed by atoms with Gasteiger partial charge in [0.05, 0.1) is 5.92 Å². The summed E-state index contributed by atoms with van der Waals surface area (Å²) >= 11 is 5.80. The standard InChI is InChI=1S/C15H15ClN2O3/c16-13-5-3-11(4-6-13)14(19)18-8-1-2-12(10-18)15(20)21-9-7-17/h3-6,12H,1-2,8-10H2/t12-/m1/s1. The summed E-state index contributed by atoms with van der Waals surface area (Å²) in [4.78, 5) is 25.8. The molecule has 0 bridgehead atoms. The third-order valence-corrected chi connectivity index (χ3v) is 3.66. The van der Waals surface area contributed by atoms with Gasteiger partial charge in [-0.05, 0) is 37.1 Å². The van der Waals surface area contributed by atoms with Crippen LogP contribution in [0.4, 0.5) is 0 Å². The number of carbonyl (C=O) groups is 2. The Morgan fingerprint density at radius 2 is 2.10 bits per heavy atom. The second kappa shape index (κ2) is 7.09. The van der Waals surface area contributed by atoms with E-state index in [0.29, 0.717) is 30.1 Å². The number of esters is 1. The number of halogens is 1. The number of nitrogens with zero attached hydrogens (tertiary/aromatic N) is 2. The summed E-state index contributed by atoms with van der Waals surface area (Å²) in [6.45, 7) is 0.690. The fraction of sp³-hybridized carbons (Fsp3) is 0.400. The van der Waals surface area contributed by atoms with Gasteiger partial charge >= 0.3 is 5.97 Å². The van der Waals surface area contributed by atoms with Crippen LogP contribution in [0.1, 0.15) is 23.2 Å². The number of amides is 1. The molecule has 0 unspecified atom stereocenters. The minimum absolute atomic E-state index is 0.121. The van der Waals surface area contributed by atoms with Gasteiger partial charge in [0.2, 0.25) is 0 Å². The summed E-state index contributed by atoms with van der Waals surface area (Å²) in [5.74, 6) is -0.891. The highest BCUT2D eigenvalue weighted by atomic mass is 35.5. The largest absolute Gasteiger partial charge is 0.450 e. The number of piperidine rings is 1. The molecule has 2 rings (SSSR count). The van der Waals surface area contributed by atoms with Gasteiger partial charge < -0.3 is 9.64 Å². The summed E-state index contributed by atoms with van der Waals surface area (Å²) in [6, 6.07) is 8.43. The third kappa shape index (κ3) is 3.96. The maximum Gasteiger partial charge on any atom is 0.311 e. The molecule has 1 atom stereocenters. The van der Waals surface area contributed by atoms with Crippen LogP contribution in [0.5, 0.6) is 0 Å².